The van der Waals surface area contributed by atoms with Crippen LogP contribution in [0.2, 0.25) is 0 Å². The average molecular weight is 296 g/mol. The van der Waals surface area contributed by atoms with Gasteiger partial charge in [-0.1, -0.05) is 17.3 Å². The van der Waals surface area contributed by atoms with Crippen molar-refractivity contribution in [3.8, 4) is 34.1 Å². The molecule has 3 rings (SSSR count). The van der Waals surface area contributed by atoms with Gasteiger partial charge in [0.1, 0.15) is 5.69 Å². The maximum Gasteiger partial charge on any atom is 0.167 e. The van der Waals surface area contributed by atoms with Crippen LogP contribution in [0.5, 0.6) is 11.5 Å². The second-order valence-electron chi connectivity index (χ2n) is 4.77. The zero-order chi connectivity index (χ0) is 15.5. The minimum atomic E-state index is 0.644. The number of anilines is 1. The summed E-state index contributed by atoms with van der Waals surface area (Å²) in [6.45, 7) is 0. The summed E-state index contributed by atoms with van der Waals surface area (Å²) in [4.78, 5) is 0. The smallest absolute Gasteiger partial charge is 0.167 e. The van der Waals surface area contributed by atoms with E-state index in [1.807, 2.05) is 48.5 Å². The van der Waals surface area contributed by atoms with Gasteiger partial charge in [0.15, 0.2) is 17.3 Å². The molecule has 0 aliphatic heterocycles. The molecule has 0 saturated carbocycles. The minimum absolute atomic E-state index is 0.644. The molecule has 1 heterocycles. The lowest BCUT2D eigenvalue weighted by molar-refractivity contribution is 0.355. The largest absolute Gasteiger partial charge is 0.493 e. The summed E-state index contributed by atoms with van der Waals surface area (Å²) in [7, 11) is 3.20. The van der Waals surface area contributed by atoms with Crippen molar-refractivity contribution in [1.82, 2.24) is 5.16 Å². The third-order valence-electron chi connectivity index (χ3n) is 3.38. The first-order chi connectivity index (χ1) is 10.7. The highest BCUT2D eigenvalue weighted by Gasteiger charge is 2.11. The lowest BCUT2D eigenvalue weighted by atomic mass is 10.1. The number of hydrogen-bond donors (Lipinski definition) is 1. The SMILES string of the molecule is COc1ccc(-c2cc(-c3ccc(N)cc3)no2)cc1OC. The first kappa shape index (κ1) is 14.0. The van der Waals surface area contributed by atoms with E-state index >= 15 is 0 Å². The van der Waals surface area contributed by atoms with E-state index in [0.29, 0.717) is 22.9 Å². The standard InChI is InChI=1S/C17H16N2O3/c1-20-15-8-5-12(9-17(15)21-2)16-10-14(19-22-16)11-3-6-13(18)7-4-11/h3-10H,18H2,1-2H3. The van der Waals surface area contributed by atoms with E-state index in [4.69, 9.17) is 19.7 Å². The van der Waals surface area contributed by atoms with Crippen LogP contribution in [-0.2, 0) is 0 Å². The summed E-state index contributed by atoms with van der Waals surface area (Å²) in [5.41, 5.74) is 8.98. The first-order valence-electron chi connectivity index (χ1n) is 6.76. The summed E-state index contributed by atoms with van der Waals surface area (Å²) in [6.07, 6.45) is 0. The monoisotopic (exact) mass is 296 g/mol. The molecule has 22 heavy (non-hydrogen) atoms. The van der Waals surface area contributed by atoms with Crippen LogP contribution in [0, 0.1) is 0 Å². The van der Waals surface area contributed by atoms with Crippen LogP contribution in [-0.4, -0.2) is 19.4 Å². The Morgan fingerprint density at radius 2 is 1.55 bits per heavy atom. The number of ether oxygens (including phenoxy) is 2. The molecule has 3 aromatic rings. The zero-order valence-corrected chi connectivity index (χ0v) is 12.4. The molecule has 0 fully saturated rings. The molecular formula is C17H16N2O3. The molecule has 5 heteroatoms. The molecular weight excluding hydrogens is 280 g/mol. The van der Waals surface area contributed by atoms with E-state index in [9.17, 15) is 0 Å². The predicted octanol–water partition coefficient (Wildman–Crippen LogP) is 3.61. The molecule has 5 nitrogen and oxygen atoms in total. The van der Waals surface area contributed by atoms with Crippen molar-refractivity contribution in [1.29, 1.82) is 0 Å². The van der Waals surface area contributed by atoms with Gasteiger partial charge in [0, 0.05) is 22.9 Å². The lowest BCUT2D eigenvalue weighted by Gasteiger charge is -2.07. The van der Waals surface area contributed by atoms with Crippen LogP contribution in [0.1, 0.15) is 0 Å². The number of rotatable bonds is 4. The molecule has 0 amide bonds. The van der Waals surface area contributed by atoms with E-state index in [1.54, 1.807) is 14.2 Å². The van der Waals surface area contributed by atoms with Crippen LogP contribution in [0.25, 0.3) is 22.6 Å². The van der Waals surface area contributed by atoms with Crippen molar-refractivity contribution in [2.24, 2.45) is 0 Å². The Balaban J connectivity index is 1.95. The van der Waals surface area contributed by atoms with E-state index in [2.05, 4.69) is 5.16 Å². The van der Waals surface area contributed by atoms with Crippen molar-refractivity contribution >= 4 is 5.69 Å². The Kier molecular flexibility index (Phi) is 3.70. The Labute approximate surface area is 128 Å². The quantitative estimate of drug-likeness (QED) is 0.745. The fourth-order valence-corrected chi connectivity index (χ4v) is 2.19. The van der Waals surface area contributed by atoms with Crippen LogP contribution < -0.4 is 15.2 Å². The van der Waals surface area contributed by atoms with Crippen molar-refractivity contribution in [2.75, 3.05) is 20.0 Å². The number of benzene rings is 2. The van der Waals surface area contributed by atoms with Crippen LogP contribution in [0.3, 0.4) is 0 Å². The highest BCUT2D eigenvalue weighted by Crippen LogP contribution is 2.33. The maximum atomic E-state index is 5.69. The highest BCUT2D eigenvalue weighted by molar-refractivity contribution is 5.69. The van der Waals surface area contributed by atoms with E-state index in [1.165, 1.54) is 0 Å². The van der Waals surface area contributed by atoms with Gasteiger partial charge in [-0.15, -0.1) is 0 Å². The summed E-state index contributed by atoms with van der Waals surface area (Å²) >= 11 is 0. The molecule has 0 spiro atoms. The molecule has 112 valence electrons. The van der Waals surface area contributed by atoms with Gasteiger partial charge in [-0.3, -0.25) is 0 Å². The van der Waals surface area contributed by atoms with Gasteiger partial charge in [-0.25, -0.2) is 0 Å². The minimum Gasteiger partial charge on any atom is -0.493 e. The van der Waals surface area contributed by atoms with Gasteiger partial charge < -0.3 is 19.7 Å². The average Bonchev–Trinajstić information content (AvgIpc) is 3.05. The lowest BCUT2D eigenvalue weighted by Crippen LogP contribution is -1.90. The van der Waals surface area contributed by atoms with Gasteiger partial charge in [-0.05, 0) is 30.3 Å². The molecule has 0 unspecified atom stereocenters. The second kappa shape index (κ2) is 5.81. The summed E-state index contributed by atoms with van der Waals surface area (Å²) in [5, 5.41) is 4.10. The molecule has 0 saturated heterocycles. The summed E-state index contributed by atoms with van der Waals surface area (Å²) in [5.74, 6) is 1.97. The number of aromatic nitrogens is 1. The topological polar surface area (TPSA) is 70.5 Å². The van der Waals surface area contributed by atoms with E-state index in [0.717, 1.165) is 16.8 Å². The summed E-state index contributed by atoms with van der Waals surface area (Å²) in [6, 6.07) is 14.9. The van der Waals surface area contributed by atoms with E-state index < -0.39 is 0 Å². The number of nitrogens with zero attached hydrogens (tertiary/aromatic N) is 1. The van der Waals surface area contributed by atoms with Crippen LogP contribution in [0.15, 0.2) is 53.1 Å². The van der Waals surface area contributed by atoms with Crippen LogP contribution in [0.4, 0.5) is 5.69 Å². The molecule has 0 atom stereocenters. The predicted molar refractivity (Wildman–Crippen MR) is 84.9 cm³/mol. The fourth-order valence-electron chi connectivity index (χ4n) is 2.19. The van der Waals surface area contributed by atoms with Gasteiger partial charge >= 0.3 is 0 Å². The Morgan fingerprint density at radius 3 is 2.23 bits per heavy atom. The van der Waals surface area contributed by atoms with Crippen molar-refractivity contribution in [2.45, 2.75) is 0 Å². The molecule has 0 bridgehead atoms. The second-order valence-corrected chi connectivity index (χ2v) is 4.77. The third kappa shape index (κ3) is 2.61. The van der Waals surface area contributed by atoms with Crippen molar-refractivity contribution < 1.29 is 14.0 Å². The number of methoxy groups -OCH3 is 2. The van der Waals surface area contributed by atoms with Gasteiger partial charge in [0.2, 0.25) is 0 Å². The molecule has 2 N–H and O–H groups in total. The maximum absolute atomic E-state index is 5.69. The number of nitrogen functional groups attached to an aromatic ring is 1. The fraction of sp³-hybridized carbons (Fsp3) is 0.118. The van der Waals surface area contributed by atoms with Gasteiger partial charge in [-0.2, -0.15) is 0 Å². The molecule has 0 aliphatic carbocycles. The molecule has 1 aromatic heterocycles. The molecule has 2 aromatic carbocycles. The Morgan fingerprint density at radius 1 is 0.864 bits per heavy atom. The third-order valence-corrected chi connectivity index (χ3v) is 3.38. The van der Waals surface area contributed by atoms with Gasteiger partial charge in [0.05, 0.1) is 14.2 Å². The molecule has 0 aliphatic rings. The van der Waals surface area contributed by atoms with Crippen molar-refractivity contribution in [3.05, 3.63) is 48.5 Å². The van der Waals surface area contributed by atoms with E-state index in [-0.39, 0.29) is 0 Å². The number of nitrogens with two attached hydrogens (primary N) is 1. The normalized spacial score (nSPS) is 10.5. The van der Waals surface area contributed by atoms with Gasteiger partial charge in [0.25, 0.3) is 0 Å². The Bertz CT molecular complexity index is 779. The highest BCUT2D eigenvalue weighted by atomic mass is 16.5. The zero-order valence-electron chi connectivity index (χ0n) is 12.4. The first-order valence-corrected chi connectivity index (χ1v) is 6.76. The van der Waals surface area contributed by atoms with Crippen molar-refractivity contribution in [3.63, 3.8) is 0 Å². The number of hydrogen-bond acceptors (Lipinski definition) is 5. The van der Waals surface area contributed by atoms with Crippen LogP contribution >= 0.6 is 0 Å². The Hall–Kier alpha value is -2.95. The molecule has 0 radical (unpaired) electrons. The summed E-state index contributed by atoms with van der Waals surface area (Å²) < 4.78 is 16.0.